The van der Waals surface area contributed by atoms with E-state index in [0.29, 0.717) is 56.8 Å². The molecule has 154 valence electrons. The van der Waals surface area contributed by atoms with E-state index in [1.54, 1.807) is 29.2 Å². The number of sulfone groups is 1. The first-order valence-corrected chi connectivity index (χ1v) is 13.0. The van der Waals surface area contributed by atoms with Gasteiger partial charge in [-0.05, 0) is 37.1 Å². The number of carbonyl (C=O) groups excluding carboxylic acids is 1. The molecule has 3 saturated heterocycles. The van der Waals surface area contributed by atoms with Crippen molar-refractivity contribution >= 4 is 31.5 Å². The Morgan fingerprint density at radius 2 is 1.57 bits per heavy atom. The third kappa shape index (κ3) is 3.90. The van der Waals surface area contributed by atoms with Crippen LogP contribution in [0.5, 0.6) is 0 Å². The highest BCUT2D eigenvalue weighted by Gasteiger charge is 2.34. The summed E-state index contributed by atoms with van der Waals surface area (Å²) < 4.78 is 48.8. The number of piperazine rings is 1. The van der Waals surface area contributed by atoms with Gasteiger partial charge in [0.2, 0.25) is 10.0 Å². The van der Waals surface area contributed by atoms with Gasteiger partial charge in [-0.25, -0.2) is 16.8 Å². The number of benzene rings is 1. The van der Waals surface area contributed by atoms with Gasteiger partial charge in [0, 0.05) is 44.3 Å². The standard InChI is InChI=1S/C18H25N3O5S2/c22-18(15-2-4-16(5-3-15)21-7-1-12-28(21,25)26)20-10-8-19(9-11-20)17-6-13-27(23,24)14-17/h2-5,17H,1,6-14H2/t17-/m0/s1. The van der Waals surface area contributed by atoms with E-state index in [2.05, 4.69) is 4.90 Å². The normalized spacial score (nSPS) is 27.2. The molecule has 0 aliphatic carbocycles. The van der Waals surface area contributed by atoms with Crippen molar-refractivity contribution in [3.63, 3.8) is 0 Å². The van der Waals surface area contributed by atoms with Gasteiger partial charge in [-0.2, -0.15) is 0 Å². The molecule has 3 aliphatic heterocycles. The summed E-state index contributed by atoms with van der Waals surface area (Å²) in [6, 6.07) is 6.82. The average molecular weight is 428 g/mol. The zero-order valence-electron chi connectivity index (χ0n) is 15.7. The van der Waals surface area contributed by atoms with E-state index < -0.39 is 19.9 Å². The van der Waals surface area contributed by atoms with Crippen LogP contribution in [0.3, 0.4) is 0 Å². The first-order chi connectivity index (χ1) is 13.3. The SMILES string of the molecule is O=C(c1ccc(N2CCCS2(=O)=O)cc1)N1CCN([C@H]2CCS(=O)(=O)C2)CC1. The zero-order valence-corrected chi connectivity index (χ0v) is 17.3. The van der Waals surface area contributed by atoms with Crippen LogP contribution in [0.15, 0.2) is 24.3 Å². The first kappa shape index (κ1) is 19.7. The quantitative estimate of drug-likeness (QED) is 0.683. The number of sulfonamides is 1. The maximum atomic E-state index is 12.8. The molecule has 28 heavy (non-hydrogen) atoms. The Bertz CT molecular complexity index is 951. The number of hydrogen-bond acceptors (Lipinski definition) is 6. The number of nitrogens with zero attached hydrogens (tertiary/aromatic N) is 3. The Labute approximate surface area is 166 Å². The summed E-state index contributed by atoms with van der Waals surface area (Å²) in [7, 11) is -6.13. The molecule has 4 rings (SSSR count). The lowest BCUT2D eigenvalue weighted by atomic mass is 10.1. The fraction of sp³-hybridized carbons (Fsp3) is 0.611. The Morgan fingerprint density at radius 1 is 0.893 bits per heavy atom. The summed E-state index contributed by atoms with van der Waals surface area (Å²) in [5.41, 5.74) is 1.14. The summed E-state index contributed by atoms with van der Waals surface area (Å²) >= 11 is 0. The van der Waals surface area contributed by atoms with Crippen molar-refractivity contribution in [2.24, 2.45) is 0 Å². The van der Waals surface area contributed by atoms with Gasteiger partial charge in [-0.3, -0.25) is 14.0 Å². The van der Waals surface area contributed by atoms with Crippen molar-refractivity contribution in [1.82, 2.24) is 9.80 Å². The van der Waals surface area contributed by atoms with Gasteiger partial charge in [0.1, 0.15) is 0 Å². The van der Waals surface area contributed by atoms with Crippen molar-refractivity contribution in [2.45, 2.75) is 18.9 Å². The number of amides is 1. The number of rotatable bonds is 3. The van der Waals surface area contributed by atoms with Crippen LogP contribution in [0.25, 0.3) is 0 Å². The summed E-state index contributed by atoms with van der Waals surface area (Å²) in [6.45, 7) is 2.97. The van der Waals surface area contributed by atoms with Crippen LogP contribution < -0.4 is 4.31 Å². The molecule has 0 N–H and O–H groups in total. The Kier molecular flexibility index (Phi) is 5.13. The molecule has 3 fully saturated rings. The van der Waals surface area contributed by atoms with E-state index in [1.807, 2.05) is 0 Å². The van der Waals surface area contributed by atoms with Crippen LogP contribution in [0.1, 0.15) is 23.2 Å². The molecule has 8 nitrogen and oxygen atoms in total. The molecule has 1 aromatic carbocycles. The minimum absolute atomic E-state index is 0.0731. The third-order valence-electron chi connectivity index (χ3n) is 5.83. The maximum absolute atomic E-state index is 12.8. The molecule has 1 amide bonds. The Balaban J connectivity index is 1.36. The highest BCUT2D eigenvalue weighted by Crippen LogP contribution is 2.25. The van der Waals surface area contributed by atoms with Crippen molar-refractivity contribution in [3.05, 3.63) is 29.8 Å². The minimum Gasteiger partial charge on any atom is -0.336 e. The fourth-order valence-corrected chi connectivity index (χ4v) is 7.56. The van der Waals surface area contributed by atoms with Crippen molar-refractivity contribution in [3.8, 4) is 0 Å². The van der Waals surface area contributed by atoms with Gasteiger partial charge in [0.15, 0.2) is 9.84 Å². The van der Waals surface area contributed by atoms with Crippen molar-refractivity contribution < 1.29 is 21.6 Å². The molecule has 0 spiro atoms. The average Bonchev–Trinajstić information content (AvgIpc) is 3.22. The van der Waals surface area contributed by atoms with Gasteiger partial charge in [-0.15, -0.1) is 0 Å². The van der Waals surface area contributed by atoms with E-state index in [-0.39, 0.29) is 29.2 Å². The topological polar surface area (TPSA) is 95.1 Å². The lowest BCUT2D eigenvalue weighted by molar-refractivity contribution is 0.0588. The maximum Gasteiger partial charge on any atom is 0.253 e. The molecule has 0 bridgehead atoms. The van der Waals surface area contributed by atoms with Gasteiger partial charge in [0.05, 0.1) is 22.9 Å². The van der Waals surface area contributed by atoms with Gasteiger partial charge >= 0.3 is 0 Å². The molecule has 1 aromatic rings. The number of carbonyl (C=O) groups is 1. The number of hydrogen-bond donors (Lipinski definition) is 0. The lowest BCUT2D eigenvalue weighted by Crippen LogP contribution is -2.52. The predicted octanol–water partition coefficient (Wildman–Crippen LogP) is 0.171. The summed E-state index contributed by atoms with van der Waals surface area (Å²) in [4.78, 5) is 16.7. The third-order valence-corrected chi connectivity index (χ3v) is 9.45. The molecule has 0 aromatic heterocycles. The van der Waals surface area contributed by atoms with E-state index in [1.165, 1.54) is 4.31 Å². The molecular formula is C18H25N3O5S2. The number of anilines is 1. The predicted molar refractivity (Wildman–Crippen MR) is 107 cm³/mol. The van der Waals surface area contributed by atoms with Gasteiger partial charge in [0.25, 0.3) is 5.91 Å². The second kappa shape index (κ2) is 7.31. The summed E-state index contributed by atoms with van der Waals surface area (Å²) in [5.74, 6) is 0.576. The zero-order chi connectivity index (χ0) is 19.9. The second-order valence-corrected chi connectivity index (χ2v) is 11.9. The van der Waals surface area contributed by atoms with Gasteiger partial charge < -0.3 is 4.90 Å². The largest absolute Gasteiger partial charge is 0.336 e. The van der Waals surface area contributed by atoms with Crippen LogP contribution in [-0.2, 0) is 19.9 Å². The van der Waals surface area contributed by atoms with Crippen LogP contribution >= 0.6 is 0 Å². The molecule has 0 unspecified atom stereocenters. The molecular weight excluding hydrogens is 402 g/mol. The Hall–Kier alpha value is -1.65. The van der Waals surface area contributed by atoms with Gasteiger partial charge in [-0.1, -0.05) is 0 Å². The van der Waals surface area contributed by atoms with E-state index >= 15 is 0 Å². The van der Waals surface area contributed by atoms with Crippen molar-refractivity contribution in [2.75, 3.05) is 54.3 Å². The molecule has 0 saturated carbocycles. The second-order valence-electron chi connectivity index (χ2n) is 7.67. The molecule has 0 radical (unpaired) electrons. The molecule has 3 aliphatic rings. The summed E-state index contributed by atoms with van der Waals surface area (Å²) in [5, 5.41) is 0. The molecule has 1 atom stereocenters. The van der Waals surface area contributed by atoms with Crippen LogP contribution in [0.4, 0.5) is 5.69 Å². The Morgan fingerprint density at radius 3 is 2.11 bits per heavy atom. The van der Waals surface area contributed by atoms with Crippen LogP contribution in [-0.4, -0.2) is 88.6 Å². The fourth-order valence-electron chi connectivity index (χ4n) is 4.24. The minimum atomic E-state index is -3.23. The first-order valence-electron chi connectivity index (χ1n) is 9.59. The van der Waals surface area contributed by atoms with E-state index in [9.17, 15) is 21.6 Å². The highest BCUT2D eigenvalue weighted by atomic mass is 32.2. The lowest BCUT2D eigenvalue weighted by Gasteiger charge is -2.37. The van der Waals surface area contributed by atoms with Crippen molar-refractivity contribution in [1.29, 1.82) is 0 Å². The highest BCUT2D eigenvalue weighted by molar-refractivity contribution is 7.93. The van der Waals surface area contributed by atoms with Crippen LogP contribution in [0, 0.1) is 0 Å². The molecule has 10 heteroatoms. The van der Waals surface area contributed by atoms with E-state index in [4.69, 9.17) is 0 Å². The van der Waals surface area contributed by atoms with E-state index in [0.717, 1.165) is 0 Å². The summed E-state index contributed by atoms with van der Waals surface area (Å²) in [6.07, 6.45) is 1.30. The smallest absolute Gasteiger partial charge is 0.253 e. The monoisotopic (exact) mass is 427 g/mol. The molecule has 3 heterocycles. The van der Waals surface area contributed by atoms with Crippen LogP contribution in [0.2, 0.25) is 0 Å².